The van der Waals surface area contributed by atoms with E-state index in [1.54, 1.807) is 0 Å². The maximum absolute atomic E-state index is 6.68. The van der Waals surface area contributed by atoms with Gasteiger partial charge in [-0.05, 0) is 37.3 Å². The van der Waals surface area contributed by atoms with Gasteiger partial charge in [0.25, 0.3) is 0 Å². The number of halogens is 1. The van der Waals surface area contributed by atoms with Crippen LogP contribution in [-0.4, -0.2) is 35.5 Å². The van der Waals surface area contributed by atoms with Crippen molar-refractivity contribution in [1.29, 1.82) is 0 Å². The predicted octanol–water partition coefficient (Wildman–Crippen LogP) is 3.63. The van der Waals surface area contributed by atoms with Crippen LogP contribution in [0.5, 0.6) is 0 Å². The molecule has 2 atom stereocenters. The van der Waals surface area contributed by atoms with Crippen molar-refractivity contribution in [3.05, 3.63) is 71.1 Å². The Bertz CT molecular complexity index is 820. The number of benzene rings is 2. The van der Waals surface area contributed by atoms with Crippen LogP contribution in [0.3, 0.4) is 0 Å². The minimum Gasteiger partial charge on any atom is -0.322 e. The first-order valence-electron chi connectivity index (χ1n) is 7.93. The molecule has 4 nitrogen and oxygen atoms in total. The van der Waals surface area contributed by atoms with Crippen molar-refractivity contribution >= 4 is 22.5 Å². The van der Waals surface area contributed by atoms with Crippen LogP contribution in [0.4, 0.5) is 0 Å². The van der Waals surface area contributed by atoms with Crippen LogP contribution in [0.25, 0.3) is 10.9 Å². The number of nitrogens with two attached hydrogens (primary N) is 1. The van der Waals surface area contributed by atoms with Crippen molar-refractivity contribution in [2.24, 2.45) is 5.73 Å². The maximum atomic E-state index is 6.68. The fraction of sp³-hybridized carbons (Fsp3) is 0.263. The SMILES string of the molecule is CN(C)CC(c1ccccc1)C(N)c1nc(Cl)nc2ccccc12. The van der Waals surface area contributed by atoms with Gasteiger partial charge in [-0.15, -0.1) is 0 Å². The van der Waals surface area contributed by atoms with E-state index in [-0.39, 0.29) is 17.2 Å². The first kappa shape index (κ1) is 16.8. The van der Waals surface area contributed by atoms with E-state index in [0.717, 1.165) is 23.1 Å². The van der Waals surface area contributed by atoms with E-state index < -0.39 is 0 Å². The molecule has 2 unspecified atom stereocenters. The summed E-state index contributed by atoms with van der Waals surface area (Å²) in [4.78, 5) is 10.9. The third-order valence-corrected chi connectivity index (χ3v) is 4.31. The van der Waals surface area contributed by atoms with Gasteiger partial charge in [0, 0.05) is 17.8 Å². The zero-order chi connectivity index (χ0) is 17.1. The molecule has 2 N–H and O–H groups in total. The second-order valence-corrected chi connectivity index (χ2v) is 6.54. The van der Waals surface area contributed by atoms with Crippen molar-refractivity contribution in [2.45, 2.75) is 12.0 Å². The average molecular weight is 341 g/mol. The van der Waals surface area contributed by atoms with E-state index in [1.165, 1.54) is 5.56 Å². The van der Waals surface area contributed by atoms with Crippen molar-refractivity contribution in [3.63, 3.8) is 0 Å². The Morgan fingerprint density at radius 3 is 2.38 bits per heavy atom. The van der Waals surface area contributed by atoms with Gasteiger partial charge in [-0.3, -0.25) is 0 Å². The summed E-state index contributed by atoms with van der Waals surface area (Å²) in [7, 11) is 4.10. The van der Waals surface area contributed by atoms with E-state index in [4.69, 9.17) is 17.3 Å². The zero-order valence-corrected chi connectivity index (χ0v) is 14.6. The lowest BCUT2D eigenvalue weighted by Gasteiger charge is -2.27. The molecule has 24 heavy (non-hydrogen) atoms. The molecule has 0 aliphatic heterocycles. The lowest BCUT2D eigenvalue weighted by Crippen LogP contribution is -2.30. The summed E-state index contributed by atoms with van der Waals surface area (Å²) < 4.78 is 0. The number of para-hydroxylation sites is 1. The van der Waals surface area contributed by atoms with Crippen molar-refractivity contribution in [1.82, 2.24) is 14.9 Å². The minimum absolute atomic E-state index is 0.107. The summed E-state index contributed by atoms with van der Waals surface area (Å²) in [5.74, 6) is 0.107. The fourth-order valence-electron chi connectivity index (χ4n) is 3.04. The van der Waals surface area contributed by atoms with E-state index in [1.807, 2.05) is 56.6 Å². The van der Waals surface area contributed by atoms with Crippen LogP contribution in [0.15, 0.2) is 54.6 Å². The lowest BCUT2D eigenvalue weighted by molar-refractivity contribution is 0.346. The second kappa shape index (κ2) is 7.26. The smallest absolute Gasteiger partial charge is 0.223 e. The predicted molar refractivity (Wildman–Crippen MR) is 99.2 cm³/mol. The van der Waals surface area contributed by atoms with Gasteiger partial charge in [-0.2, -0.15) is 0 Å². The highest BCUT2D eigenvalue weighted by atomic mass is 35.5. The Labute approximate surface area is 147 Å². The summed E-state index contributed by atoms with van der Waals surface area (Å²) >= 11 is 6.14. The molecule has 124 valence electrons. The van der Waals surface area contributed by atoms with Gasteiger partial charge in [-0.1, -0.05) is 48.5 Å². The summed E-state index contributed by atoms with van der Waals surface area (Å²) in [6.45, 7) is 0.821. The molecule has 0 saturated carbocycles. The Morgan fingerprint density at radius 2 is 1.67 bits per heavy atom. The number of nitrogens with zero attached hydrogens (tertiary/aromatic N) is 3. The quantitative estimate of drug-likeness (QED) is 0.721. The third-order valence-electron chi connectivity index (χ3n) is 4.14. The molecule has 0 aliphatic carbocycles. The summed E-state index contributed by atoms with van der Waals surface area (Å²) in [5, 5.41) is 1.19. The highest BCUT2D eigenvalue weighted by Gasteiger charge is 2.25. The van der Waals surface area contributed by atoms with Crippen LogP contribution >= 0.6 is 11.6 Å². The molecule has 5 heteroatoms. The first-order chi connectivity index (χ1) is 11.6. The van der Waals surface area contributed by atoms with Crippen molar-refractivity contribution < 1.29 is 0 Å². The highest BCUT2D eigenvalue weighted by molar-refractivity contribution is 6.28. The van der Waals surface area contributed by atoms with Gasteiger partial charge >= 0.3 is 0 Å². The fourth-order valence-corrected chi connectivity index (χ4v) is 3.22. The first-order valence-corrected chi connectivity index (χ1v) is 8.31. The molecule has 1 heterocycles. The monoisotopic (exact) mass is 340 g/mol. The number of fused-ring (bicyclic) bond motifs is 1. The second-order valence-electron chi connectivity index (χ2n) is 6.20. The van der Waals surface area contributed by atoms with Gasteiger partial charge in [-0.25, -0.2) is 9.97 Å². The van der Waals surface area contributed by atoms with Crippen molar-refractivity contribution in [3.8, 4) is 0 Å². The molecule has 0 radical (unpaired) electrons. The van der Waals surface area contributed by atoms with Crippen LogP contribution in [0.1, 0.15) is 23.2 Å². The molecule has 0 bridgehead atoms. The summed E-state index contributed by atoms with van der Waals surface area (Å²) in [6.07, 6.45) is 0. The third kappa shape index (κ3) is 3.56. The molecular formula is C19H21ClN4. The molecule has 1 aromatic heterocycles. The van der Waals surface area contributed by atoms with Crippen LogP contribution in [0, 0.1) is 0 Å². The van der Waals surface area contributed by atoms with Crippen molar-refractivity contribution in [2.75, 3.05) is 20.6 Å². The van der Waals surface area contributed by atoms with Gasteiger partial charge in [0.1, 0.15) is 0 Å². The molecule has 2 aromatic carbocycles. The Morgan fingerprint density at radius 1 is 1.00 bits per heavy atom. The van der Waals surface area contributed by atoms with Gasteiger partial charge < -0.3 is 10.6 Å². The van der Waals surface area contributed by atoms with E-state index in [2.05, 4.69) is 27.0 Å². The highest BCUT2D eigenvalue weighted by Crippen LogP contribution is 2.32. The number of likely N-dealkylation sites (N-methyl/N-ethyl adjacent to an activating group) is 1. The van der Waals surface area contributed by atoms with Gasteiger partial charge in [0.2, 0.25) is 5.28 Å². The maximum Gasteiger partial charge on any atom is 0.223 e. The van der Waals surface area contributed by atoms with E-state index in [9.17, 15) is 0 Å². The molecule has 3 rings (SSSR count). The van der Waals surface area contributed by atoms with Crippen LogP contribution in [0.2, 0.25) is 5.28 Å². The Balaban J connectivity index is 2.09. The van der Waals surface area contributed by atoms with Crippen LogP contribution < -0.4 is 5.73 Å². The molecule has 0 aliphatic rings. The number of aromatic nitrogens is 2. The van der Waals surface area contributed by atoms with E-state index in [0.29, 0.717) is 0 Å². The standard InChI is InChI=1S/C19H21ClN4/c1-24(2)12-15(13-8-4-3-5-9-13)17(21)18-14-10-6-7-11-16(14)22-19(20)23-18/h3-11,15,17H,12,21H2,1-2H3. The molecule has 3 aromatic rings. The number of rotatable bonds is 5. The number of hydrogen-bond acceptors (Lipinski definition) is 4. The largest absolute Gasteiger partial charge is 0.322 e. The topological polar surface area (TPSA) is 55.0 Å². The molecular weight excluding hydrogens is 320 g/mol. The summed E-state index contributed by atoms with van der Waals surface area (Å²) in [6, 6.07) is 17.9. The zero-order valence-electron chi connectivity index (χ0n) is 13.9. The Kier molecular flexibility index (Phi) is 5.09. The van der Waals surface area contributed by atoms with Crippen LogP contribution in [-0.2, 0) is 0 Å². The van der Waals surface area contributed by atoms with Gasteiger partial charge in [0.15, 0.2) is 0 Å². The molecule has 0 fully saturated rings. The average Bonchev–Trinajstić information content (AvgIpc) is 2.59. The normalized spacial score (nSPS) is 14.0. The Hall–Kier alpha value is -2.01. The minimum atomic E-state index is -0.278. The lowest BCUT2D eigenvalue weighted by atomic mass is 9.88. The van der Waals surface area contributed by atoms with Gasteiger partial charge in [0.05, 0.1) is 17.3 Å². The molecule has 0 saturated heterocycles. The number of hydrogen-bond donors (Lipinski definition) is 1. The molecule has 0 amide bonds. The summed E-state index contributed by atoms with van der Waals surface area (Å²) in [5.41, 5.74) is 9.48. The van der Waals surface area contributed by atoms with E-state index >= 15 is 0 Å². The molecule has 0 spiro atoms.